The molecule has 0 bridgehead atoms. The molecule has 1 aromatic heterocycles. The van der Waals surface area contributed by atoms with Gasteiger partial charge in [-0.15, -0.1) is 0 Å². The second kappa shape index (κ2) is 5.98. The summed E-state index contributed by atoms with van der Waals surface area (Å²) in [6.07, 6.45) is 2.03. The molecule has 0 N–H and O–H groups in total. The molecule has 0 fully saturated rings. The average molecular weight is 434 g/mol. The summed E-state index contributed by atoms with van der Waals surface area (Å²) in [4.78, 5) is 4.92. The molecule has 0 radical (unpaired) electrons. The molecule has 0 saturated carbocycles. The number of rotatable bonds is 0. The molecule has 0 atom stereocenters. The Balaban J connectivity index is 1.65. The topological polar surface area (TPSA) is 17.8 Å². The monoisotopic (exact) mass is 434 g/mol. The Labute approximate surface area is 199 Å². The number of benzene rings is 5. The van der Waals surface area contributed by atoms with Crippen molar-refractivity contribution in [2.45, 2.75) is 26.2 Å². The largest absolute Gasteiger partial charge is 0.300 e. The third-order valence-electron chi connectivity index (χ3n) is 7.98. The van der Waals surface area contributed by atoms with Gasteiger partial charge in [0.05, 0.1) is 11.0 Å². The van der Waals surface area contributed by atoms with Crippen molar-refractivity contribution >= 4 is 55.7 Å². The van der Waals surface area contributed by atoms with Crippen molar-refractivity contribution in [2.75, 3.05) is 0 Å². The molecule has 5 aromatic carbocycles. The van der Waals surface area contributed by atoms with Gasteiger partial charge in [-0.2, -0.15) is 0 Å². The third-order valence-corrected chi connectivity index (χ3v) is 7.98. The quantitative estimate of drug-likeness (QED) is 0.291. The van der Waals surface area contributed by atoms with E-state index >= 15 is 0 Å². The maximum atomic E-state index is 4.92. The van der Waals surface area contributed by atoms with E-state index in [0.717, 1.165) is 5.52 Å². The van der Waals surface area contributed by atoms with Crippen LogP contribution in [0.1, 0.15) is 26.3 Å². The van der Waals surface area contributed by atoms with Crippen molar-refractivity contribution in [3.05, 3.63) is 90.8 Å². The standard InChI is InChI=1S/C31H23BN2/c1-31(2,3)20-15-24-30-25(16-20)33-17-34(30)26-14-19-8-4-5-11-21(19)28-22-12-6-9-18-10-7-13-23(27(18)22)32(24)29(26)28/h4-17H,1-3H3. The van der Waals surface area contributed by atoms with Crippen molar-refractivity contribution in [1.29, 1.82) is 0 Å². The molecule has 0 amide bonds. The zero-order valence-electron chi connectivity index (χ0n) is 19.6. The van der Waals surface area contributed by atoms with Crippen LogP contribution in [0.3, 0.4) is 0 Å². The molecule has 3 heterocycles. The number of fused-ring (bicyclic) bond motifs is 6. The summed E-state index contributed by atoms with van der Waals surface area (Å²) < 4.78 is 2.34. The van der Waals surface area contributed by atoms with Gasteiger partial charge in [0.25, 0.3) is 0 Å². The van der Waals surface area contributed by atoms with Gasteiger partial charge in [0.2, 0.25) is 6.71 Å². The third kappa shape index (κ3) is 2.15. The normalized spacial score (nSPS) is 13.7. The molecule has 8 rings (SSSR count). The lowest BCUT2D eigenvalue weighted by molar-refractivity contribution is 0.591. The van der Waals surface area contributed by atoms with Crippen LogP contribution in [0, 0.1) is 0 Å². The summed E-state index contributed by atoms with van der Waals surface area (Å²) in [7, 11) is 0. The zero-order chi connectivity index (χ0) is 22.8. The summed E-state index contributed by atoms with van der Waals surface area (Å²) >= 11 is 0. The van der Waals surface area contributed by atoms with E-state index in [1.807, 2.05) is 6.33 Å². The van der Waals surface area contributed by atoms with Gasteiger partial charge in [0.1, 0.15) is 6.33 Å². The Bertz CT molecular complexity index is 1850. The fourth-order valence-corrected chi connectivity index (χ4v) is 6.44. The van der Waals surface area contributed by atoms with Crippen molar-refractivity contribution in [3.63, 3.8) is 0 Å². The smallest absolute Gasteiger partial charge is 0.248 e. The van der Waals surface area contributed by atoms with Crippen LogP contribution in [-0.4, -0.2) is 16.3 Å². The maximum Gasteiger partial charge on any atom is 0.248 e. The van der Waals surface area contributed by atoms with Gasteiger partial charge in [-0.25, -0.2) is 4.98 Å². The minimum atomic E-state index is 0.0551. The molecule has 2 nitrogen and oxygen atoms in total. The highest BCUT2D eigenvalue weighted by Gasteiger charge is 2.40. The van der Waals surface area contributed by atoms with E-state index in [1.165, 1.54) is 65.8 Å². The van der Waals surface area contributed by atoms with Crippen molar-refractivity contribution < 1.29 is 0 Å². The lowest BCUT2D eigenvalue weighted by atomic mass is 9.32. The molecule has 34 heavy (non-hydrogen) atoms. The van der Waals surface area contributed by atoms with E-state index in [-0.39, 0.29) is 12.1 Å². The van der Waals surface area contributed by atoms with E-state index < -0.39 is 0 Å². The second-order valence-corrected chi connectivity index (χ2v) is 10.9. The fourth-order valence-electron chi connectivity index (χ4n) is 6.44. The van der Waals surface area contributed by atoms with Gasteiger partial charge in [0, 0.05) is 5.69 Å². The summed E-state index contributed by atoms with van der Waals surface area (Å²) in [5.74, 6) is 0. The van der Waals surface area contributed by atoms with Crippen LogP contribution in [0.2, 0.25) is 0 Å². The summed E-state index contributed by atoms with van der Waals surface area (Å²) in [5, 5.41) is 5.33. The van der Waals surface area contributed by atoms with E-state index in [0.29, 0.717) is 0 Å². The minimum Gasteiger partial charge on any atom is -0.300 e. The van der Waals surface area contributed by atoms with Gasteiger partial charge in [-0.1, -0.05) is 93.0 Å². The van der Waals surface area contributed by atoms with Crippen molar-refractivity contribution in [2.24, 2.45) is 0 Å². The predicted octanol–water partition coefficient (Wildman–Crippen LogP) is 5.44. The highest BCUT2D eigenvalue weighted by atomic mass is 15.1. The number of aromatic nitrogens is 2. The van der Waals surface area contributed by atoms with Gasteiger partial charge in [-0.05, 0) is 66.7 Å². The number of hydrogen-bond acceptors (Lipinski definition) is 1. The lowest BCUT2D eigenvalue weighted by Crippen LogP contribution is -2.58. The van der Waals surface area contributed by atoms with Crippen LogP contribution in [-0.2, 0) is 5.41 Å². The van der Waals surface area contributed by atoms with Crippen molar-refractivity contribution in [3.8, 4) is 16.8 Å². The van der Waals surface area contributed by atoms with Crippen LogP contribution < -0.4 is 16.4 Å². The molecular formula is C31H23BN2. The zero-order valence-corrected chi connectivity index (χ0v) is 19.6. The molecule has 0 aliphatic carbocycles. The second-order valence-electron chi connectivity index (χ2n) is 10.9. The predicted molar refractivity (Wildman–Crippen MR) is 145 cm³/mol. The first-order valence-electron chi connectivity index (χ1n) is 12.1. The first-order valence-corrected chi connectivity index (χ1v) is 12.1. The van der Waals surface area contributed by atoms with Crippen molar-refractivity contribution in [1.82, 2.24) is 9.55 Å². The summed E-state index contributed by atoms with van der Waals surface area (Å²) in [6.45, 7) is 7.08. The number of imidazole rings is 1. The van der Waals surface area contributed by atoms with E-state index in [1.54, 1.807) is 0 Å². The Kier molecular flexibility index (Phi) is 3.27. The molecular weight excluding hydrogens is 411 g/mol. The molecule has 0 spiro atoms. The number of hydrogen-bond donors (Lipinski definition) is 0. The van der Waals surface area contributed by atoms with E-state index in [4.69, 9.17) is 4.98 Å². The van der Waals surface area contributed by atoms with Gasteiger partial charge in [-0.3, -0.25) is 4.57 Å². The van der Waals surface area contributed by atoms with Gasteiger partial charge < -0.3 is 0 Å². The highest BCUT2D eigenvalue weighted by Crippen LogP contribution is 2.39. The molecule has 160 valence electrons. The van der Waals surface area contributed by atoms with E-state index in [2.05, 4.69) is 104 Å². The Hall–Kier alpha value is -3.85. The molecule has 0 saturated heterocycles. The first kappa shape index (κ1) is 18.6. The lowest BCUT2D eigenvalue weighted by Gasteiger charge is -2.35. The van der Waals surface area contributed by atoms with Crippen LogP contribution >= 0.6 is 0 Å². The molecule has 3 heteroatoms. The highest BCUT2D eigenvalue weighted by molar-refractivity contribution is 7.01. The van der Waals surface area contributed by atoms with Crippen LogP contribution in [0.15, 0.2) is 85.2 Å². The Morgan fingerprint density at radius 3 is 2.44 bits per heavy atom. The molecule has 0 unspecified atom stereocenters. The molecule has 2 aliphatic heterocycles. The maximum absolute atomic E-state index is 4.92. The summed E-state index contributed by atoms with van der Waals surface area (Å²) in [5.41, 5.74) is 12.0. The molecule has 2 aliphatic rings. The minimum absolute atomic E-state index is 0.0551. The summed E-state index contributed by atoms with van der Waals surface area (Å²) in [6, 6.07) is 29.6. The first-order chi connectivity index (χ1) is 16.5. The van der Waals surface area contributed by atoms with Gasteiger partial charge in [0.15, 0.2) is 0 Å². The Morgan fingerprint density at radius 1 is 0.794 bits per heavy atom. The Morgan fingerprint density at radius 2 is 1.59 bits per heavy atom. The van der Waals surface area contributed by atoms with Crippen LogP contribution in [0.5, 0.6) is 0 Å². The molecule has 6 aromatic rings. The van der Waals surface area contributed by atoms with E-state index in [9.17, 15) is 0 Å². The number of nitrogens with zero attached hydrogens (tertiary/aromatic N) is 2. The van der Waals surface area contributed by atoms with Gasteiger partial charge >= 0.3 is 0 Å². The SMILES string of the molecule is CC(C)(C)c1cc2c3c(c1)ncn3-c1cc3ccccc3c3c1B2c1cccc2cccc-3c12. The van der Waals surface area contributed by atoms with Crippen LogP contribution in [0.25, 0.3) is 49.4 Å². The average Bonchev–Trinajstić information content (AvgIpc) is 3.27. The van der Waals surface area contributed by atoms with Crippen LogP contribution in [0.4, 0.5) is 0 Å². The fraction of sp³-hybridized carbons (Fsp3) is 0.129.